The van der Waals surface area contributed by atoms with Crippen LogP contribution in [0.1, 0.15) is 0 Å². The van der Waals surface area contributed by atoms with Crippen LogP contribution in [0.15, 0.2) is 36.4 Å². The van der Waals surface area contributed by atoms with Gasteiger partial charge in [0.1, 0.15) is 5.52 Å². The van der Waals surface area contributed by atoms with Gasteiger partial charge in [0.25, 0.3) is 0 Å². The summed E-state index contributed by atoms with van der Waals surface area (Å²) in [5.74, 6) is 2.61. The highest BCUT2D eigenvalue weighted by molar-refractivity contribution is 6.15. The van der Waals surface area contributed by atoms with Gasteiger partial charge in [-0.15, -0.1) is 10.2 Å². The molecule has 0 fully saturated rings. The van der Waals surface area contributed by atoms with Gasteiger partial charge in [-0.1, -0.05) is 12.1 Å². The number of aromatic nitrogens is 2. The zero-order valence-corrected chi connectivity index (χ0v) is 15.0. The molecule has 0 aliphatic heterocycles. The predicted molar refractivity (Wildman–Crippen MR) is 101 cm³/mol. The van der Waals surface area contributed by atoms with E-state index in [9.17, 15) is 0 Å². The first-order chi connectivity index (χ1) is 12.7. The fraction of sp³-hybridized carbons (Fsp3) is 0.200. The first-order valence-electron chi connectivity index (χ1n) is 8.07. The molecule has 0 saturated heterocycles. The Kier molecular flexibility index (Phi) is 3.88. The minimum Gasteiger partial charge on any atom is -0.493 e. The van der Waals surface area contributed by atoms with E-state index in [-0.39, 0.29) is 0 Å². The second-order valence-corrected chi connectivity index (χ2v) is 5.81. The van der Waals surface area contributed by atoms with Crippen molar-refractivity contribution >= 4 is 32.6 Å². The molecule has 1 heterocycles. The van der Waals surface area contributed by atoms with Crippen LogP contribution in [0.5, 0.6) is 23.0 Å². The summed E-state index contributed by atoms with van der Waals surface area (Å²) in [5.41, 5.74) is 1.54. The summed E-state index contributed by atoms with van der Waals surface area (Å²) in [6.07, 6.45) is 0. The lowest BCUT2D eigenvalue weighted by atomic mass is 10.0. The lowest BCUT2D eigenvalue weighted by molar-refractivity contribution is 0.356. The molecule has 0 aliphatic rings. The Balaban J connectivity index is 2.10. The van der Waals surface area contributed by atoms with Gasteiger partial charge >= 0.3 is 0 Å². The molecule has 1 aromatic heterocycles. The van der Waals surface area contributed by atoms with E-state index >= 15 is 0 Å². The zero-order chi connectivity index (χ0) is 18.3. The Morgan fingerprint density at radius 2 is 1.15 bits per heavy atom. The summed E-state index contributed by atoms with van der Waals surface area (Å²) in [4.78, 5) is 0. The van der Waals surface area contributed by atoms with Gasteiger partial charge in [-0.3, -0.25) is 0 Å². The second kappa shape index (κ2) is 6.22. The van der Waals surface area contributed by atoms with E-state index in [4.69, 9.17) is 18.9 Å². The molecule has 6 nitrogen and oxygen atoms in total. The minimum absolute atomic E-state index is 0.626. The van der Waals surface area contributed by atoms with E-state index in [0.717, 1.165) is 32.6 Å². The highest BCUT2D eigenvalue weighted by Gasteiger charge is 2.14. The van der Waals surface area contributed by atoms with Gasteiger partial charge in [0.05, 0.1) is 34.0 Å². The lowest BCUT2D eigenvalue weighted by Crippen LogP contribution is -1.95. The molecule has 0 spiro atoms. The Labute approximate surface area is 150 Å². The number of fused-ring (bicyclic) bond motifs is 5. The topological polar surface area (TPSA) is 62.7 Å². The van der Waals surface area contributed by atoms with Crippen LogP contribution in [-0.2, 0) is 0 Å². The van der Waals surface area contributed by atoms with Crippen LogP contribution in [0, 0.1) is 0 Å². The van der Waals surface area contributed by atoms with E-state index < -0.39 is 0 Å². The highest BCUT2D eigenvalue weighted by atomic mass is 16.5. The average Bonchev–Trinajstić information content (AvgIpc) is 2.70. The van der Waals surface area contributed by atoms with Gasteiger partial charge in [0, 0.05) is 22.2 Å². The van der Waals surface area contributed by atoms with Crippen molar-refractivity contribution in [1.82, 2.24) is 10.2 Å². The molecule has 3 aromatic carbocycles. The SMILES string of the molecule is COc1cc2ccc3c4cc(OC)c(OC)cc4nnc3c2cc1OC. The molecule has 26 heavy (non-hydrogen) atoms. The van der Waals surface area contributed by atoms with Gasteiger partial charge in [0.2, 0.25) is 0 Å². The zero-order valence-electron chi connectivity index (χ0n) is 15.0. The second-order valence-electron chi connectivity index (χ2n) is 5.81. The maximum atomic E-state index is 5.44. The number of hydrogen-bond acceptors (Lipinski definition) is 6. The average molecular weight is 350 g/mol. The van der Waals surface area contributed by atoms with Crippen molar-refractivity contribution in [1.29, 1.82) is 0 Å². The number of rotatable bonds is 4. The third-order valence-corrected chi connectivity index (χ3v) is 4.55. The molecule has 4 aromatic rings. The van der Waals surface area contributed by atoms with E-state index in [1.54, 1.807) is 28.4 Å². The molecule has 4 rings (SSSR count). The van der Waals surface area contributed by atoms with Gasteiger partial charge < -0.3 is 18.9 Å². The smallest absolute Gasteiger partial charge is 0.162 e. The lowest BCUT2D eigenvalue weighted by Gasteiger charge is -2.12. The van der Waals surface area contributed by atoms with E-state index in [1.165, 1.54) is 0 Å². The summed E-state index contributed by atoms with van der Waals surface area (Å²) < 4.78 is 21.6. The predicted octanol–water partition coefficient (Wildman–Crippen LogP) is 3.97. The van der Waals surface area contributed by atoms with Crippen molar-refractivity contribution in [2.24, 2.45) is 0 Å². The molecule has 6 heteroatoms. The van der Waals surface area contributed by atoms with Crippen molar-refractivity contribution in [2.45, 2.75) is 0 Å². The molecule has 0 saturated carbocycles. The van der Waals surface area contributed by atoms with Crippen LogP contribution in [0.2, 0.25) is 0 Å². The molecule has 0 aliphatic carbocycles. The molecule has 0 N–H and O–H groups in total. The Morgan fingerprint density at radius 3 is 1.81 bits per heavy atom. The summed E-state index contributed by atoms with van der Waals surface area (Å²) in [5, 5.41) is 12.7. The van der Waals surface area contributed by atoms with Crippen LogP contribution in [-0.4, -0.2) is 38.6 Å². The van der Waals surface area contributed by atoms with Crippen molar-refractivity contribution in [3.63, 3.8) is 0 Å². The molecular weight excluding hydrogens is 332 g/mol. The number of benzene rings is 3. The van der Waals surface area contributed by atoms with E-state index in [2.05, 4.69) is 10.2 Å². The van der Waals surface area contributed by atoms with E-state index in [0.29, 0.717) is 23.0 Å². The molecular formula is C20H18N2O4. The number of nitrogens with zero attached hydrogens (tertiary/aromatic N) is 2. The first kappa shape index (κ1) is 16.2. The molecule has 132 valence electrons. The van der Waals surface area contributed by atoms with Crippen molar-refractivity contribution in [2.75, 3.05) is 28.4 Å². The Bertz CT molecular complexity index is 1050. The summed E-state index contributed by atoms with van der Waals surface area (Å²) in [6.45, 7) is 0. The largest absolute Gasteiger partial charge is 0.493 e. The summed E-state index contributed by atoms with van der Waals surface area (Å²) >= 11 is 0. The summed E-state index contributed by atoms with van der Waals surface area (Å²) in [7, 11) is 6.46. The van der Waals surface area contributed by atoms with Gasteiger partial charge in [-0.2, -0.15) is 0 Å². The normalized spacial score (nSPS) is 11.1. The van der Waals surface area contributed by atoms with Gasteiger partial charge in [-0.05, 0) is 23.6 Å². The molecule has 0 bridgehead atoms. The molecule has 0 amide bonds. The number of methoxy groups -OCH3 is 4. The minimum atomic E-state index is 0.626. The Morgan fingerprint density at radius 1 is 0.577 bits per heavy atom. The quantitative estimate of drug-likeness (QED) is 0.519. The van der Waals surface area contributed by atoms with Crippen molar-refractivity contribution in [3.05, 3.63) is 36.4 Å². The van der Waals surface area contributed by atoms with Gasteiger partial charge in [0.15, 0.2) is 23.0 Å². The van der Waals surface area contributed by atoms with E-state index in [1.807, 2.05) is 36.4 Å². The Hall–Kier alpha value is -3.28. The third kappa shape index (κ3) is 2.34. The maximum absolute atomic E-state index is 5.44. The van der Waals surface area contributed by atoms with Crippen LogP contribution in [0.25, 0.3) is 32.6 Å². The third-order valence-electron chi connectivity index (χ3n) is 4.55. The fourth-order valence-corrected chi connectivity index (χ4v) is 3.23. The monoisotopic (exact) mass is 350 g/mol. The molecule has 0 unspecified atom stereocenters. The van der Waals surface area contributed by atoms with Crippen LogP contribution >= 0.6 is 0 Å². The number of hydrogen-bond donors (Lipinski definition) is 0. The standard InChI is InChI=1S/C20H18N2O4/c1-23-16-7-11-5-6-12-14-9-18(25-3)19(26-4)10-15(14)21-22-20(12)13(11)8-17(16)24-2/h5-10H,1-4H3. The van der Waals surface area contributed by atoms with Crippen LogP contribution in [0.4, 0.5) is 0 Å². The van der Waals surface area contributed by atoms with Crippen LogP contribution < -0.4 is 18.9 Å². The fourth-order valence-electron chi connectivity index (χ4n) is 3.23. The van der Waals surface area contributed by atoms with Crippen LogP contribution in [0.3, 0.4) is 0 Å². The number of ether oxygens (including phenoxy) is 4. The first-order valence-corrected chi connectivity index (χ1v) is 8.07. The van der Waals surface area contributed by atoms with Crippen molar-refractivity contribution < 1.29 is 18.9 Å². The molecule has 0 radical (unpaired) electrons. The summed E-state index contributed by atoms with van der Waals surface area (Å²) in [6, 6.07) is 11.7. The van der Waals surface area contributed by atoms with Gasteiger partial charge in [-0.25, -0.2) is 0 Å². The molecule has 0 atom stereocenters. The van der Waals surface area contributed by atoms with Crippen molar-refractivity contribution in [3.8, 4) is 23.0 Å². The highest BCUT2D eigenvalue weighted by Crippen LogP contribution is 2.38. The maximum Gasteiger partial charge on any atom is 0.162 e.